The first-order valence-corrected chi connectivity index (χ1v) is 11.9. The summed E-state index contributed by atoms with van der Waals surface area (Å²) in [7, 11) is 6.21. The SMILES string of the molecule is CN(C)Cc1ccc(-c2ccccc2CNCc2ccc(N(C)CCC#N)cc2)cc1.O=C(O)C(=O)O. The first-order chi connectivity index (χ1) is 17.7. The minimum absolute atomic E-state index is 0.539. The number of benzene rings is 3. The molecule has 0 heterocycles. The molecule has 0 spiro atoms. The number of anilines is 1. The monoisotopic (exact) mass is 502 g/mol. The Morgan fingerprint density at radius 1 is 0.838 bits per heavy atom. The van der Waals surface area contributed by atoms with Crippen molar-refractivity contribution in [3.05, 3.63) is 89.5 Å². The highest BCUT2D eigenvalue weighted by atomic mass is 16.4. The molecule has 8 heteroatoms. The summed E-state index contributed by atoms with van der Waals surface area (Å²) < 4.78 is 0. The van der Waals surface area contributed by atoms with E-state index in [9.17, 15) is 0 Å². The van der Waals surface area contributed by atoms with Gasteiger partial charge in [0.15, 0.2) is 0 Å². The minimum atomic E-state index is -1.82. The fourth-order valence-corrected chi connectivity index (χ4v) is 3.67. The molecule has 0 aliphatic rings. The molecule has 3 aromatic carbocycles. The van der Waals surface area contributed by atoms with Crippen LogP contribution in [0, 0.1) is 11.3 Å². The van der Waals surface area contributed by atoms with E-state index in [1.807, 2.05) is 7.05 Å². The number of hydrogen-bond acceptors (Lipinski definition) is 6. The summed E-state index contributed by atoms with van der Waals surface area (Å²) in [5.74, 6) is -3.65. The van der Waals surface area contributed by atoms with E-state index in [0.29, 0.717) is 6.42 Å². The molecule has 8 nitrogen and oxygen atoms in total. The van der Waals surface area contributed by atoms with Crippen LogP contribution in [0.1, 0.15) is 23.1 Å². The van der Waals surface area contributed by atoms with Crippen molar-refractivity contribution in [1.29, 1.82) is 5.26 Å². The standard InChI is InChI=1S/C27H32N4.C2H2O4/c1-30(2)21-23-9-13-24(14-10-23)27-8-5-4-7-25(27)20-29-19-22-11-15-26(16-12-22)31(3)18-6-17-28;3-1(4)2(5)6/h4-5,7-16,29H,6,18-21H2,1-3H3;(H,3,4)(H,5,6). The van der Waals surface area contributed by atoms with Gasteiger partial charge < -0.3 is 25.3 Å². The molecule has 3 rings (SSSR count). The van der Waals surface area contributed by atoms with Crippen molar-refractivity contribution in [2.45, 2.75) is 26.1 Å². The predicted octanol–water partition coefficient (Wildman–Crippen LogP) is 4.21. The molecule has 0 aromatic heterocycles. The third-order valence-electron chi connectivity index (χ3n) is 5.54. The van der Waals surface area contributed by atoms with Crippen LogP contribution >= 0.6 is 0 Å². The molecule has 3 aromatic rings. The number of aliphatic carboxylic acids is 2. The lowest BCUT2D eigenvalue weighted by Crippen LogP contribution is -2.18. The van der Waals surface area contributed by atoms with Gasteiger partial charge in [-0.25, -0.2) is 9.59 Å². The van der Waals surface area contributed by atoms with Crippen LogP contribution in [-0.4, -0.2) is 54.7 Å². The molecule has 194 valence electrons. The Hall–Kier alpha value is -4.19. The van der Waals surface area contributed by atoms with Crippen molar-refractivity contribution >= 4 is 17.6 Å². The molecule has 0 fully saturated rings. The maximum absolute atomic E-state index is 9.10. The van der Waals surface area contributed by atoms with E-state index in [-0.39, 0.29) is 0 Å². The van der Waals surface area contributed by atoms with Gasteiger partial charge in [-0.05, 0) is 54.0 Å². The van der Waals surface area contributed by atoms with E-state index in [4.69, 9.17) is 25.1 Å². The lowest BCUT2D eigenvalue weighted by Gasteiger charge is -2.18. The maximum Gasteiger partial charge on any atom is 0.414 e. The highest BCUT2D eigenvalue weighted by molar-refractivity contribution is 6.27. The zero-order valence-electron chi connectivity index (χ0n) is 21.5. The highest BCUT2D eigenvalue weighted by Crippen LogP contribution is 2.24. The molecule has 37 heavy (non-hydrogen) atoms. The fourth-order valence-electron chi connectivity index (χ4n) is 3.67. The molecule has 0 bridgehead atoms. The lowest BCUT2D eigenvalue weighted by atomic mass is 9.98. The summed E-state index contributed by atoms with van der Waals surface area (Å²) in [6.07, 6.45) is 0.539. The van der Waals surface area contributed by atoms with Crippen molar-refractivity contribution in [2.75, 3.05) is 32.6 Å². The van der Waals surface area contributed by atoms with Crippen molar-refractivity contribution in [3.63, 3.8) is 0 Å². The Morgan fingerprint density at radius 2 is 1.43 bits per heavy atom. The Bertz CT molecular complexity index is 1170. The molecule has 0 aliphatic heterocycles. The number of nitriles is 1. The maximum atomic E-state index is 9.10. The molecule has 0 atom stereocenters. The number of nitrogens with zero attached hydrogens (tertiary/aromatic N) is 3. The van der Waals surface area contributed by atoms with E-state index >= 15 is 0 Å². The van der Waals surface area contributed by atoms with Crippen LogP contribution < -0.4 is 10.2 Å². The van der Waals surface area contributed by atoms with E-state index in [0.717, 1.165) is 31.9 Å². The summed E-state index contributed by atoms with van der Waals surface area (Å²) in [5, 5.41) is 27.1. The van der Waals surface area contributed by atoms with Crippen LogP contribution in [0.15, 0.2) is 72.8 Å². The number of carbonyl (C=O) groups is 2. The summed E-state index contributed by atoms with van der Waals surface area (Å²) >= 11 is 0. The minimum Gasteiger partial charge on any atom is -0.473 e. The summed E-state index contributed by atoms with van der Waals surface area (Å²) in [6, 6.07) is 28.2. The van der Waals surface area contributed by atoms with E-state index in [1.165, 1.54) is 27.8 Å². The Kier molecular flexibility index (Phi) is 11.8. The third kappa shape index (κ3) is 10.1. The van der Waals surface area contributed by atoms with Gasteiger partial charge >= 0.3 is 11.9 Å². The molecule has 0 amide bonds. The van der Waals surface area contributed by atoms with Crippen LogP contribution in [0.2, 0.25) is 0 Å². The van der Waals surface area contributed by atoms with E-state index in [2.05, 4.69) is 108 Å². The first-order valence-electron chi connectivity index (χ1n) is 11.9. The molecule has 0 radical (unpaired) electrons. The first kappa shape index (κ1) is 29.0. The number of carboxylic acid groups (broad SMARTS) is 2. The van der Waals surface area contributed by atoms with Gasteiger partial charge in [0, 0.05) is 38.9 Å². The van der Waals surface area contributed by atoms with Crippen molar-refractivity contribution in [3.8, 4) is 17.2 Å². The van der Waals surface area contributed by atoms with E-state index in [1.54, 1.807) is 0 Å². The topological polar surface area (TPSA) is 117 Å². The van der Waals surface area contributed by atoms with Crippen LogP contribution in [0.25, 0.3) is 11.1 Å². The number of nitrogens with one attached hydrogen (secondary N) is 1. The predicted molar refractivity (Wildman–Crippen MR) is 145 cm³/mol. The summed E-state index contributed by atoms with van der Waals surface area (Å²) in [4.78, 5) is 22.5. The van der Waals surface area contributed by atoms with Crippen molar-refractivity contribution < 1.29 is 19.8 Å². The van der Waals surface area contributed by atoms with Crippen LogP contribution in [0.5, 0.6) is 0 Å². The normalized spacial score (nSPS) is 10.2. The Labute approximate surface area is 218 Å². The van der Waals surface area contributed by atoms with Gasteiger partial charge in [-0.1, -0.05) is 60.7 Å². The molecular formula is C29H34N4O4. The lowest BCUT2D eigenvalue weighted by molar-refractivity contribution is -0.159. The molecular weight excluding hydrogens is 468 g/mol. The van der Waals surface area contributed by atoms with Gasteiger partial charge in [-0.2, -0.15) is 5.26 Å². The Morgan fingerprint density at radius 3 is 2.00 bits per heavy atom. The second kappa shape index (κ2) is 15.0. The highest BCUT2D eigenvalue weighted by Gasteiger charge is 2.06. The van der Waals surface area contributed by atoms with E-state index < -0.39 is 11.9 Å². The summed E-state index contributed by atoms with van der Waals surface area (Å²) in [6.45, 7) is 3.34. The van der Waals surface area contributed by atoms with Gasteiger partial charge in [0.1, 0.15) is 0 Å². The quantitative estimate of drug-likeness (QED) is 0.353. The average molecular weight is 503 g/mol. The largest absolute Gasteiger partial charge is 0.473 e. The smallest absolute Gasteiger partial charge is 0.414 e. The molecule has 0 unspecified atom stereocenters. The van der Waals surface area contributed by atoms with Crippen LogP contribution in [-0.2, 0) is 29.2 Å². The fraction of sp³-hybridized carbons (Fsp3) is 0.276. The van der Waals surface area contributed by atoms with Gasteiger partial charge in [-0.3, -0.25) is 0 Å². The number of carboxylic acids is 2. The molecule has 3 N–H and O–H groups in total. The van der Waals surface area contributed by atoms with Crippen LogP contribution in [0.3, 0.4) is 0 Å². The van der Waals surface area contributed by atoms with Gasteiger partial charge in [-0.15, -0.1) is 0 Å². The van der Waals surface area contributed by atoms with Gasteiger partial charge in [0.25, 0.3) is 0 Å². The summed E-state index contributed by atoms with van der Waals surface area (Å²) in [5.41, 5.74) is 7.55. The van der Waals surface area contributed by atoms with Crippen LogP contribution in [0.4, 0.5) is 5.69 Å². The second-order valence-electron chi connectivity index (χ2n) is 8.80. The molecule has 0 saturated carbocycles. The van der Waals surface area contributed by atoms with Crippen molar-refractivity contribution in [1.82, 2.24) is 10.2 Å². The molecule has 0 saturated heterocycles. The van der Waals surface area contributed by atoms with Gasteiger partial charge in [0.05, 0.1) is 12.5 Å². The number of hydrogen-bond donors (Lipinski definition) is 3. The zero-order chi connectivity index (χ0) is 27.2. The zero-order valence-corrected chi connectivity index (χ0v) is 21.5. The third-order valence-corrected chi connectivity index (χ3v) is 5.54. The van der Waals surface area contributed by atoms with Gasteiger partial charge in [0.2, 0.25) is 0 Å². The Balaban J connectivity index is 0.000000717. The number of rotatable bonds is 10. The second-order valence-corrected chi connectivity index (χ2v) is 8.80. The molecule has 0 aliphatic carbocycles. The average Bonchev–Trinajstić information content (AvgIpc) is 2.88. The van der Waals surface area contributed by atoms with Crippen molar-refractivity contribution in [2.24, 2.45) is 0 Å².